The number of fused-ring (bicyclic) bond motifs is 1. The zero-order valence-electron chi connectivity index (χ0n) is 10.1. The third-order valence-electron chi connectivity index (χ3n) is 2.89. The minimum absolute atomic E-state index is 0.191. The van der Waals surface area contributed by atoms with Crippen molar-refractivity contribution in [1.29, 1.82) is 0 Å². The van der Waals surface area contributed by atoms with E-state index < -0.39 is 11.7 Å². The van der Waals surface area contributed by atoms with E-state index in [-0.39, 0.29) is 5.52 Å². The Hall–Kier alpha value is -2.57. The summed E-state index contributed by atoms with van der Waals surface area (Å²) in [4.78, 5) is 7.82. The number of aromatic nitrogens is 3. The molecule has 3 rings (SSSR count). The van der Waals surface area contributed by atoms with Crippen molar-refractivity contribution in [1.82, 2.24) is 14.5 Å². The molecule has 0 radical (unpaired) electrons. The van der Waals surface area contributed by atoms with Gasteiger partial charge in [-0.1, -0.05) is 0 Å². The Bertz CT molecular complexity index is 759. The van der Waals surface area contributed by atoms with Crippen LogP contribution in [0.2, 0.25) is 0 Å². The van der Waals surface area contributed by atoms with Gasteiger partial charge >= 0.3 is 6.18 Å². The lowest BCUT2D eigenvalue weighted by atomic mass is 10.2. The van der Waals surface area contributed by atoms with Crippen molar-refractivity contribution in [3.05, 3.63) is 48.4 Å². The number of pyridine rings is 1. The van der Waals surface area contributed by atoms with E-state index in [2.05, 4.69) is 9.97 Å². The van der Waals surface area contributed by atoms with E-state index in [1.807, 2.05) is 0 Å². The minimum Gasteiger partial charge on any atom is -0.399 e. The normalized spacial score (nSPS) is 11.9. The second kappa shape index (κ2) is 4.22. The van der Waals surface area contributed by atoms with Gasteiger partial charge in [-0.05, 0) is 30.3 Å². The minimum atomic E-state index is -4.42. The van der Waals surface area contributed by atoms with Crippen molar-refractivity contribution in [3.63, 3.8) is 0 Å². The second-order valence-corrected chi connectivity index (χ2v) is 4.27. The van der Waals surface area contributed by atoms with Gasteiger partial charge in [-0.15, -0.1) is 0 Å². The fraction of sp³-hybridized carbons (Fsp3) is 0.0769. The number of hydrogen-bond acceptors (Lipinski definition) is 3. The summed E-state index contributed by atoms with van der Waals surface area (Å²) in [6.07, 6.45) is -2.19. The van der Waals surface area contributed by atoms with Gasteiger partial charge in [0, 0.05) is 17.6 Å². The maximum atomic E-state index is 12.6. The molecule has 7 heteroatoms. The molecule has 0 bridgehead atoms. The number of hydrogen-bond donors (Lipinski definition) is 1. The highest BCUT2D eigenvalue weighted by Crippen LogP contribution is 2.30. The van der Waals surface area contributed by atoms with Crippen LogP contribution >= 0.6 is 0 Å². The van der Waals surface area contributed by atoms with Crippen LogP contribution in [0.25, 0.3) is 16.9 Å². The summed E-state index contributed by atoms with van der Waals surface area (Å²) in [5, 5.41) is 0. The van der Waals surface area contributed by atoms with Gasteiger partial charge in [0.15, 0.2) is 5.65 Å². The van der Waals surface area contributed by atoms with Crippen LogP contribution in [0.3, 0.4) is 0 Å². The number of nitrogens with two attached hydrogens (primary N) is 1. The molecule has 2 aromatic heterocycles. The van der Waals surface area contributed by atoms with Crippen LogP contribution < -0.4 is 5.73 Å². The van der Waals surface area contributed by atoms with Gasteiger partial charge in [-0.25, -0.2) is 9.97 Å². The molecule has 4 nitrogen and oxygen atoms in total. The second-order valence-electron chi connectivity index (χ2n) is 4.27. The number of benzene rings is 1. The Morgan fingerprint density at radius 3 is 2.40 bits per heavy atom. The van der Waals surface area contributed by atoms with Gasteiger partial charge in [0.25, 0.3) is 0 Å². The van der Waals surface area contributed by atoms with Crippen molar-refractivity contribution in [2.24, 2.45) is 0 Å². The highest BCUT2D eigenvalue weighted by Gasteiger charge is 2.31. The summed E-state index contributed by atoms with van der Waals surface area (Å²) < 4.78 is 39.4. The van der Waals surface area contributed by atoms with Crippen LogP contribution in [-0.2, 0) is 6.18 Å². The zero-order chi connectivity index (χ0) is 14.3. The highest BCUT2D eigenvalue weighted by molar-refractivity contribution is 5.73. The maximum absolute atomic E-state index is 12.6. The van der Waals surface area contributed by atoms with Crippen molar-refractivity contribution >= 4 is 16.9 Å². The van der Waals surface area contributed by atoms with E-state index in [0.717, 1.165) is 18.0 Å². The summed E-state index contributed by atoms with van der Waals surface area (Å²) >= 11 is 0. The molecule has 0 amide bonds. The fourth-order valence-electron chi connectivity index (χ4n) is 1.88. The van der Waals surface area contributed by atoms with Gasteiger partial charge in [0.1, 0.15) is 11.8 Å². The Morgan fingerprint density at radius 1 is 1.05 bits per heavy atom. The number of nitrogens with zero attached hydrogens (tertiary/aromatic N) is 3. The van der Waals surface area contributed by atoms with Crippen LogP contribution in [0.15, 0.2) is 42.9 Å². The Balaban J connectivity index is 2.13. The summed E-state index contributed by atoms with van der Waals surface area (Å²) in [6.45, 7) is 0. The molecular weight excluding hydrogens is 269 g/mol. The standard InChI is InChI=1S/C13H9F3N4/c14-13(15,16)8-5-11-12(18-6-8)20(7-19-11)10-3-1-9(17)2-4-10/h1-7H,17H2. The lowest BCUT2D eigenvalue weighted by molar-refractivity contribution is -0.137. The van der Waals surface area contributed by atoms with Gasteiger partial charge in [-0.3, -0.25) is 4.57 Å². The molecule has 2 heterocycles. The summed E-state index contributed by atoms with van der Waals surface area (Å²) in [6, 6.07) is 7.87. The lowest BCUT2D eigenvalue weighted by Gasteiger charge is -2.06. The summed E-state index contributed by atoms with van der Waals surface area (Å²) in [5.41, 5.74) is 6.67. The Morgan fingerprint density at radius 2 is 1.75 bits per heavy atom. The lowest BCUT2D eigenvalue weighted by Crippen LogP contribution is -2.05. The number of halogens is 3. The zero-order valence-corrected chi connectivity index (χ0v) is 10.1. The van der Waals surface area contributed by atoms with Crippen LogP contribution in [0.4, 0.5) is 18.9 Å². The first-order chi connectivity index (χ1) is 9.45. The molecular formula is C13H9F3N4. The SMILES string of the molecule is Nc1ccc(-n2cnc3cc(C(F)(F)F)cnc32)cc1. The molecule has 0 spiro atoms. The number of anilines is 1. The first kappa shape index (κ1) is 12.5. The molecule has 0 saturated heterocycles. The predicted octanol–water partition coefficient (Wildman–Crippen LogP) is 3.02. The third-order valence-corrected chi connectivity index (χ3v) is 2.89. The Labute approximate surface area is 111 Å². The van der Waals surface area contributed by atoms with Crippen molar-refractivity contribution in [2.45, 2.75) is 6.18 Å². The first-order valence-electron chi connectivity index (χ1n) is 5.71. The van der Waals surface area contributed by atoms with E-state index in [9.17, 15) is 13.2 Å². The molecule has 1 aromatic carbocycles. The van der Waals surface area contributed by atoms with Crippen LogP contribution in [0, 0.1) is 0 Å². The van der Waals surface area contributed by atoms with Crippen LogP contribution in [-0.4, -0.2) is 14.5 Å². The average molecular weight is 278 g/mol. The molecule has 0 aliphatic carbocycles. The number of imidazole rings is 1. The van der Waals surface area contributed by atoms with Gasteiger partial charge in [0.2, 0.25) is 0 Å². The molecule has 0 aliphatic rings. The Kier molecular flexibility index (Phi) is 2.63. The molecule has 0 unspecified atom stereocenters. The van der Waals surface area contributed by atoms with Gasteiger partial charge in [-0.2, -0.15) is 13.2 Å². The van der Waals surface area contributed by atoms with Crippen molar-refractivity contribution in [2.75, 3.05) is 5.73 Å². The van der Waals surface area contributed by atoms with Crippen LogP contribution in [0.5, 0.6) is 0 Å². The van der Waals surface area contributed by atoms with E-state index in [4.69, 9.17) is 5.73 Å². The van der Waals surface area contributed by atoms with Gasteiger partial charge in [0.05, 0.1) is 5.56 Å². The average Bonchev–Trinajstić information content (AvgIpc) is 2.81. The smallest absolute Gasteiger partial charge is 0.399 e. The van der Waals surface area contributed by atoms with Crippen molar-refractivity contribution < 1.29 is 13.2 Å². The summed E-state index contributed by atoms with van der Waals surface area (Å²) in [7, 11) is 0. The molecule has 102 valence electrons. The molecule has 2 N–H and O–H groups in total. The topological polar surface area (TPSA) is 56.7 Å². The van der Waals surface area contributed by atoms with E-state index in [1.165, 1.54) is 6.33 Å². The largest absolute Gasteiger partial charge is 0.417 e. The number of nitrogen functional groups attached to an aromatic ring is 1. The quantitative estimate of drug-likeness (QED) is 0.696. The van der Waals surface area contributed by atoms with Crippen LogP contribution in [0.1, 0.15) is 5.56 Å². The van der Waals surface area contributed by atoms with E-state index in [0.29, 0.717) is 11.3 Å². The fourth-order valence-corrected chi connectivity index (χ4v) is 1.88. The molecule has 0 atom stereocenters. The molecule has 0 saturated carbocycles. The monoisotopic (exact) mass is 278 g/mol. The van der Waals surface area contributed by atoms with E-state index >= 15 is 0 Å². The third kappa shape index (κ3) is 2.07. The number of alkyl halides is 3. The molecule has 20 heavy (non-hydrogen) atoms. The molecule has 0 fully saturated rings. The molecule has 0 aliphatic heterocycles. The number of rotatable bonds is 1. The molecule has 3 aromatic rings. The van der Waals surface area contributed by atoms with E-state index in [1.54, 1.807) is 28.8 Å². The maximum Gasteiger partial charge on any atom is 0.417 e. The first-order valence-corrected chi connectivity index (χ1v) is 5.71. The van der Waals surface area contributed by atoms with Gasteiger partial charge < -0.3 is 5.73 Å². The predicted molar refractivity (Wildman–Crippen MR) is 68.3 cm³/mol. The van der Waals surface area contributed by atoms with Crippen molar-refractivity contribution in [3.8, 4) is 5.69 Å². The highest BCUT2D eigenvalue weighted by atomic mass is 19.4. The summed E-state index contributed by atoms with van der Waals surface area (Å²) in [5.74, 6) is 0.